The number of rotatable bonds is 5. The van der Waals surface area contributed by atoms with Crippen molar-refractivity contribution in [1.29, 1.82) is 0 Å². The second kappa shape index (κ2) is 5.72. The Balaban J connectivity index is 3.31. The lowest BCUT2D eigenvalue weighted by molar-refractivity contribution is 0.0296. The van der Waals surface area contributed by atoms with Crippen molar-refractivity contribution in [3.05, 3.63) is 0 Å². The molecular weight excluding hydrogens is 124 g/mol. The van der Waals surface area contributed by atoms with Crippen LogP contribution in [-0.2, 0) is 4.74 Å². The fourth-order valence-electron chi connectivity index (χ4n) is 0.800. The van der Waals surface area contributed by atoms with Gasteiger partial charge < -0.3 is 4.74 Å². The molecule has 0 aromatic heterocycles. The fraction of sp³-hybridized carbons (Fsp3) is 1.00. The summed E-state index contributed by atoms with van der Waals surface area (Å²) < 4.78 is 5.54. The Kier molecular flexibility index (Phi) is 5.70. The standard InChI is InChI=1S/C9H20O/c1-5-7-10-9(4)8(3)6-2/h8-9H,5-7H2,1-4H3. The van der Waals surface area contributed by atoms with Crippen molar-refractivity contribution in [1.82, 2.24) is 0 Å². The summed E-state index contributed by atoms with van der Waals surface area (Å²) in [6.45, 7) is 9.65. The maximum atomic E-state index is 5.54. The largest absolute Gasteiger partial charge is 0.378 e. The van der Waals surface area contributed by atoms with Crippen LogP contribution in [0, 0.1) is 5.92 Å². The van der Waals surface area contributed by atoms with Crippen LogP contribution in [0.2, 0.25) is 0 Å². The van der Waals surface area contributed by atoms with Gasteiger partial charge in [-0.1, -0.05) is 27.2 Å². The van der Waals surface area contributed by atoms with Gasteiger partial charge in [0.2, 0.25) is 0 Å². The zero-order chi connectivity index (χ0) is 7.98. The molecule has 0 aromatic carbocycles. The summed E-state index contributed by atoms with van der Waals surface area (Å²) in [6.07, 6.45) is 2.77. The molecular formula is C9H20O. The summed E-state index contributed by atoms with van der Waals surface area (Å²) in [7, 11) is 0. The van der Waals surface area contributed by atoms with E-state index in [9.17, 15) is 0 Å². The molecule has 0 rings (SSSR count). The molecule has 0 N–H and O–H groups in total. The van der Waals surface area contributed by atoms with Crippen LogP contribution in [0.4, 0.5) is 0 Å². The Morgan fingerprint density at radius 3 is 2.20 bits per heavy atom. The third-order valence-electron chi connectivity index (χ3n) is 2.03. The van der Waals surface area contributed by atoms with Gasteiger partial charge in [0.1, 0.15) is 0 Å². The monoisotopic (exact) mass is 144 g/mol. The fourth-order valence-corrected chi connectivity index (χ4v) is 0.800. The van der Waals surface area contributed by atoms with E-state index in [1.807, 2.05) is 0 Å². The molecule has 0 saturated heterocycles. The van der Waals surface area contributed by atoms with Gasteiger partial charge >= 0.3 is 0 Å². The van der Waals surface area contributed by atoms with Crippen LogP contribution < -0.4 is 0 Å². The van der Waals surface area contributed by atoms with E-state index in [-0.39, 0.29) is 0 Å². The lowest BCUT2D eigenvalue weighted by atomic mass is 10.0. The second-order valence-corrected chi connectivity index (χ2v) is 2.96. The van der Waals surface area contributed by atoms with Gasteiger partial charge in [-0.15, -0.1) is 0 Å². The summed E-state index contributed by atoms with van der Waals surface area (Å²) in [5.74, 6) is 0.701. The van der Waals surface area contributed by atoms with Gasteiger partial charge in [0.25, 0.3) is 0 Å². The molecule has 0 aliphatic carbocycles. The maximum Gasteiger partial charge on any atom is 0.0572 e. The normalized spacial score (nSPS) is 16.8. The Hall–Kier alpha value is -0.0400. The summed E-state index contributed by atoms with van der Waals surface area (Å²) in [6, 6.07) is 0. The average Bonchev–Trinajstić information content (AvgIpc) is 1.98. The first-order valence-electron chi connectivity index (χ1n) is 4.33. The maximum absolute atomic E-state index is 5.54. The Morgan fingerprint density at radius 1 is 1.20 bits per heavy atom. The van der Waals surface area contributed by atoms with Gasteiger partial charge in [-0.05, 0) is 19.3 Å². The Morgan fingerprint density at radius 2 is 1.80 bits per heavy atom. The van der Waals surface area contributed by atoms with Crippen molar-refractivity contribution in [2.75, 3.05) is 6.61 Å². The van der Waals surface area contributed by atoms with Crippen LogP contribution in [0.1, 0.15) is 40.5 Å². The van der Waals surface area contributed by atoms with Crippen molar-refractivity contribution in [2.45, 2.75) is 46.6 Å². The molecule has 0 heterocycles. The van der Waals surface area contributed by atoms with Gasteiger partial charge in [-0.3, -0.25) is 0 Å². The van der Waals surface area contributed by atoms with E-state index in [1.165, 1.54) is 6.42 Å². The number of hydrogen-bond acceptors (Lipinski definition) is 1. The van der Waals surface area contributed by atoms with Crippen LogP contribution in [0.15, 0.2) is 0 Å². The van der Waals surface area contributed by atoms with E-state index in [0.717, 1.165) is 13.0 Å². The minimum atomic E-state index is 0.435. The number of hydrogen-bond donors (Lipinski definition) is 0. The molecule has 0 spiro atoms. The van der Waals surface area contributed by atoms with E-state index in [2.05, 4.69) is 27.7 Å². The molecule has 0 aromatic rings. The highest BCUT2D eigenvalue weighted by molar-refractivity contribution is 4.58. The molecule has 10 heavy (non-hydrogen) atoms. The van der Waals surface area contributed by atoms with Gasteiger partial charge in [0.05, 0.1) is 6.10 Å². The Bertz CT molecular complexity index is 71.1. The SMILES string of the molecule is CCCOC(C)C(C)CC. The Labute approximate surface area is 64.8 Å². The highest BCUT2D eigenvalue weighted by atomic mass is 16.5. The number of ether oxygens (including phenoxy) is 1. The smallest absolute Gasteiger partial charge is 0.0572 e. The zero-order valence-corrected chi connectivity index (χ0v) is 7.68. The first-order valence-corrected chi connectivity index (χ1v) is 4.33. The average molecular weight is 144 g/mol. The molecule has 2 unspecified atom stereocenters. The molecule has 1 nitrogen and oxygen atoms in total. The van der Waals surface area contributed by atoms with Crippen LogP contribution in [0.25, 0.3) is 0 Å². The van der Waals surface area contributed by atoms with Crippen LogP contribution in [0.3, 0.4) is 0 Å². The van der Waals surface area contributed by atoms with Crippen molar-refractivity contribution in [3.8, 4) is 0 Å². The van der Waals surface area contributed by atoms with Gasteiger partial charge in [-0.25, -0.2) is 0 Å². The van der Waals surface area contributed by atoms with Crippen LogP contribution in [-0.4, -0.2) is 12.7 Å². The zero-order valence-electron chi connectivity index (χ0n) is 7.68. The van der Waals surface area contributed by atoms with Gasteiger partial charge in [0.15, 0.2) is 0 Å². The van der Waals surface area contributed by atoms with E-state index >= 15 is 0 Å². The molecule has 1 heteroatoms. The predicted molar refractivity (Wildman–Crippen MR) is 45.2 cm³/mol. The van der Waals surface area contributed by atoms with Crippen molar-refractivity contribution in [2.24, 2.45) is 5.92 Å². The molecule has 0 radical (unpaired) electrons. The lowest BCUT2D eigenvalue weighted by Crippen LogP contribution is -2.17. The first-order chi connectivity index (χ1) is 4.72. The van der Waals surface area contributed by atoms with Crippen molar-refractivity contribution < 1.29 is 4.74 Å². The van der Waals surface area contributed by atoms with E-state index < -0.39 is 0 Å². The lowest BCUT2D eigenvalue weighted by Gasteiger charge is -2.18. The highest BCUT2D eigenvalue weighted by Crippen LogP contribution is 2.10. The summed E-state index contributed by atoms with van der Waals surface area (Å²) >= 11 is 0. The van der Waals surface area contributed by atoms with Gasteiger partial charge in [-0.2, -0.15) is 0 Å². The quantitative estimate of drug-likeness (QED) is 0.576. The molecule has 0 saturated carbocycles. The molecule has 0 bridgehead atoms. The predicted octanol–water partition coefficient (Wildman–Crippen LogP) is 2.85. The second-order valence-electron chi connectivity index (χ2n) is 2.96. The van der Waals surface area contributed by atoms with Crippen LogP contribution >= 0.6 is 0 Å². The van der Waals surface area contributed by atoms with E-state index in [1.54, 1.807) is 0 Å². The minimum absolute atomic E-state index is 0.435. The molecule has 62 valence electrons. The van der Waals surface area contributed by atoms with Crippen molar-refractivity contribution in [3.63, 3.8) is 0 Å². The van der Waals surface area contributed by atoms with E-state index in [0.29, 0.717) is 12.0 Å². The first kappa shape index (κ1) is 9.96. The molecule has 0 aliphatic rings. The summed E-state index contributed by atoms with van der Waals surface area (Å²) in [4.78, 5) is 0. The third kappa shape index (κ3) is 3.89. The summed E-state index contributed by atoms with van der Waals surface area (Å²) in [5, 5.41) is 0. The molecule has 0 amide bonds. The van der Waals surface area contributed by atoms with Crippen LogP contribution in [0.5, 0.6) is 0 Å². The minimum Gasteiger partial charge on any atom is -0.378 e. The topological polar surface area (TPSA) is 9.23 Å². The van der Waals surface area contributed by atoms with Crippen molar-refractivity contribution >= 4 is 0 Å². The van der Waals surface area contributed by atoms with Gasteiger partial charge in [0, 0.05) is 6.61 Å². The summed E-state index contributed by atoms with van der Waals surface area (Å²) in [5.41, 5.74) is 0. The molecule has 0 fully saturated rings. The third-order valence-corrected chi connectivity index (χ3v) is 2.03. The molecule has 2 atom stereocenters. The molecule has 0 aliphatic heterocycles. The van der Waals surface area contributed by atoms with E-state index in [4.69, 9.17) is 4.74 Å². The highest BCUT2D eigenvalue weighted by Gasteiger charge is 2.08.